The van der Waals surface area contributed by atoms with E-state index in [9.17, 15) is 13.2 Å². The van der Waals surface area contributed by atoms with Crippen molar-refractivity contribution in [3.05, 3.63) is 53.1 Å². The van der Waals surface area contributed by atoms with Crippen LogP contribution in [0.1, 0.15) is 31.2 Å². The molecule has 1 aromatic heterocycles. The van der Waals surface area contributed by atoms with Crippen LogP contribution in [0.5, 0.6) is 0 Å². The van der Waals surface area contributed by atoms with Crippen molar-refractivity contribution < 1.29 is 22.7 Å². The molecular weight excluding hydrogens is 476 g/mol. The van der Waals surface area contributed by atoms with Crippen molar-refractivity contribution >= 4 is 38.5 Å². The molecule has 1 saturated carbocycles. The lowest BCUT2D eigenvalue weighted by Crippen LogP contribution is -2.38. The molecule has 0 bridgehead atoms. The second-order valence-electron chi connectivity index (χ2n) is 8.65. The Labute approximate surface area is 204 Å². The standard InChI is InChI=1S/C25H29ClN2O5S/c1-32-14-13-16-3-5-17(6-4-16)24-23(26)21-12-11-20(15-22(21)27-24)34(30,31)28-19-9-7-18(8-10-19)25(29)33-2/h3-6,11-12,15,18-19,27-28H,7-10,13-14H2,1-2H3/t18-,19-. The third-order valence-corrected chi connectivity index (χ3v) is 8.35. The number of nitrogens with one attached hydrogen (secondary N) is 2. The topological polar surface area (TPSA) is 97.5 Å². The van der Waals surface area contributed by atoms with Gasteiger partial charge in [-0.1, -0.05) is 35.9 Å². The second kappa shape index (κ2) is 10.5. The van der Waals surface area contributed by atoms with Crippen LogP contribution in [0.3, 0.4) is 0 Å². The van der Waals surface area contributed by atoms with Crippen molar-refractivity contribution in [1.29, 1.82) is 0 Å². The molecule has 1 aliphatic carbocycles. The molecule has 1 heterocycles. The third kappa shape index (κ3) is 5.30. The highest BCUT2D eigenvalue weighted by molar-refractivity contribution is 7.89. The minimum Gasteiger partial charge on any atom is -0.469 e. The van der Waals surface area contributed by atoms with Gasteiger partial charge in [0.15, 0.2) is 0 Å². The Morgan fingerprint density at radius 3 is 2.44 bits per heavy atom. The molecule has 0 radical (unpaired) electrons. The molecule has 0 aliphatic heterocycles. The summed E-state index contributed by atoms with van der Waals surface area (Å²) in [6.07, 6.45) is 3.24. The van der Waals surface area contributed by atoms with E-state index in [1.54, 1.807) is 25.3 Å². The Bertz CT molecular complexity index is 1260. The van der Waals surface area contributed by atoms with Crippen molar-refractivity contribution in [1.82, 2.24) is 9.71 Å². The number of ether oxygens (including phenoxy) is 2. The summed E-state index contributed by atoms with van der Waals surface area (Å²) in [5.74, 6) is -0.383. The Morgan fingerprint density at radius 1 is 1.09 bits per heavy atom. The van der Waals surface area contributed by atoms with Gasteiger partial charge in [0, 0.05) is 24.1 Å². The van der Waals surface area contributed by atoms with E-state index in [0.29, 0.717) is 42.8 Å². The molecular formula is C25H29ClN2O5S. The monoisotopic (exact) mass is 504 g/mol. The summed E-state index contributed by atoms with van der Waals surface area (Å²) in [4.78, 5) is 15.2. The van der Waals surface area contributed by atoms with E-state index >= 15 is 0 Å². The van der Waals surface area contributed by atoms with Gasteiger partial charge in [-0.3, -0.25) is 4.79 Å². The molecule has 1 fully saturated rings. The fourth-order valence-electron chi connectivity index (χ4n) is 4.47. The van der Waals surface area contributed by atoms with E-state index in [1.165, 1.54) is 7.11 Å². The summed E-state index contributed by atoms with van der Waals surface area (Å²) >= 11 is 6.63. The van der Waals surface area contributed by atoms with Crippen LogP contribution < -0.4 is 4.72 Å². The van der Waals surface area contributed by atoms with Crippen molar-refractivity contribution in [2.75, 3.05) is 20.8 Å². The number of fused-ring (bicyclic) bond motifs is 1. The number of methoxy groups -OCH3 is 2. The molecule has 2 N–H and O–H groups in total. The zero-order chi connectivity index (χ0) is 24.3. The smallest absolute Gasteiger partial charge is 0.308 e. The molecule has 3 aromatic rings. The average molecular weight is 505 g/mol. The summed E-state index contributed by atoms with van der Waals surface area (Å²) in [5.41, 5.74) is 3.49. The van der Waals surface area contributed by atoms with Crippen molar-refractivity contribution in [3.8, 4) is 11.3 Å². The molecule has 0 amide bonds. The minimum atomic E-state index is -3.72. The number of aromatic amines is 1. The highest BCUT2D eigenvalue weighted by atomic mass is 35.5. The Morgan fingerprint density at radius 2 is 1.79 bits per heavy atom. The first-order valence-corrected chi connectivity index (χ1v) is 13.2. The van der Waals surface area contributed by atoms with Crippen molar-refractivity contribution in [2.45, 2.75) is 43.0 Å². The van der Waals surface area contributed by atoms with Crippen LogP contribution in [0, 0.1) is 5.92 Å². The Kier molecular flexibility index (Phi) is 7.62. The van der Waals surface area contributed by atoms with Gasteiger partial charge in [0.05, 0.1) is 35.2 Å². The number of benzene rings is 2. The molecule has 4 rings (SSSR count). The van der Waals surface area contributed by atoms with Gasteiger partial charge in [-0.2, -0.15) is 0 Å². The molecule has 34 heavy (non-hydrogen) atoms. The predicted octanol–water partition coefficient (Wildman–Crippen LogP) is 4.69. The highest BCUT2D eigenvalue weighted by Crippen LogP contribution is 2.36. The quantitative estimate of drug-likeness (QED) is 0.434. The largest absolute Gasteiger partial charge is 0.469 e. The van der Waals surface area contributed by atoms with E-state index in [1.807, 2.05) is 24.3 Å². The number of carbonyl (C=O) groups is 1. The summed E-state index contributed by atoms with van der Waals surface area (Å²) in [6, 6.07) is 12.8. The van der Waals surface area contributed by atoms with Gasteiger partial charge in [-0.25, -0.2) is 13.1 Å². The first-order valence-electron chi connectivity index (χ1n) is 11.3. The molecule has 0 spiro atoms. The van der Waals surface area contributed by atoms with Gasteiger partial charge in [0.2, 0.25) is 10.0 Å². The van der Waals surface area contributed by atoms with E-state index in [2.05, 4.69) is 9.71 Å². The normalized spacial score (nSPS) is 18.8. The zero-order valence-electron chi connectivity index (χ0n) is 19.3. The lowest BCUT2D eigenvalue weighted by atomic mass is 9.86. The molecule has 0 saturated heterocycles. The number of carbonyl (C=O) groups excluding carboxylic acids is 1. The molecule has 9 heteroatoms. The molecule has 182 valence electrons. The summed E-state index contributed by atoms with van der Waals surface area (Å²) in [6.45, 7) is 0.657. The maximum absolute atomic E-state index is 13.0. The number of hydrogen-bond acceptors (Lipinski definition) is 5. The Balaban J connectivity index is 1.51. The first-order chi connectivity index (χ1) is 16.3. The maximum Gasteiger partial charge on any atom is 0.308 e. The first kappa shape index (κ1) is 24.7. The number of hydrogen-bond donors (Lipinski definition) is 2. The zero-order valence-corrected chi connectivity index (χ0v) is 20.8. The van der Waals surface area contributed by atoms with Gasteiger partial charge in [0.25, 0.3) is 0 Å². The average Bonchev–Trinajstić information content (AvgIpc) is 3.18. The lowest BCUT2D eigenvalue weighted by molar-refractivity contribution is -0.146. The van der Waals surface area contributed by atoms with E-state index < -0.39 is 10.0 Å². The van der Waals surface area contributed by atoms with Gasteiger partial charge in [-0.15, -0.1) is 0 Å². The van der Waals surface area contributed by atoms with Crippen LogP contribution in [0.4, 0.5) is 0 Å². The maximum atomic E-state index is 13.0. The number of aromatic nitrogens is 1. The lowest BCUT2D eigenvalue weighted by Gasteiger charge is -2.27. The summed E-state index contributed by atoms with van der Waals surface area (Å²) in [5, 5.41) is 1.32. The van der Waals surface area contributed by atoms with E-state index in [0.717, 1.165) is 28.6 Å². The second-order valence-corrected chi connectivity index (χ2v) is 10.7. The van der Waals surface area contributed by atoms with Crippen LogP contribution in [0.25, 0.3) is 22.2 Å². The van der Waals surface area contributed by atoms with Crippen LogP contribution in [-0.4, -0.2) is 46.2 Å². The SMILES string of the molecule is COCCc1ccc(-c2[nH]c3cc(S(=O)(=O)N[C@H]4CC[C@H](C(=O)OC)CC4)ccc3c2Cl)cc1. The van der Waals surface area contributed by atoms with Gasteiger partial charge < -0.3 is 14.5 Å². The van der Waals surface area contributed by atoms with Gasteiger partial charge in [-0.05, 0) is 61.4 Å². The van der Waals surface area contributed by atoms with Crippen molar-refractivity contribution in [3.63, 3.8) is 0 Å². The van der Waals surface area contributed by atoms with Crippen LogP contribution in [0.15, 0.2) is 47.4 Å². The van der Waals surface area contributed by atoms with Gasteiger partial charge >= 0.3 is 5.97 Å². The number of rotatable bonds is 8. The Hall–Kier alpha value is -2.39. The molecule has 2 aromatic carbocycles. The molecule has 0 unspecified atom stereocenters. The highest BCUT2D eigenvalue weighted by Gasteiger charge is 2.29. The molecule has 0 atom stereocenters. The predicted molar refractivity (Wildman–Crippen MR) is 132 cm³/mol. The third-order valence-electron chi connectivity index (χ3n) is 6.44. The number of esters is 1. The van der Waals surface area contributed by atoms with Crippen LogP contribution >= 0.6 is 11.6 Å². The molecule has 1 aliphatic rings. The van der Waals surface area contributed by atoms with Crippen molar-refractivity contribution in [2.24, 2.45) is 5.92 Å². The van der Waals surface area contributed by atoms with Gasteiger partial charge in [0.1, 0.15) is 0 Å². The molecule has 7 nitrogen and oxygen atoms in total. The van der Waals surface area contributed by atoms with Crippen LogP contribution in [0.2, 0.25) is 5.02 Å². The number of halogens is 1. The number of H-pyrrole nitrogens is 1. The fraction of sp³-hybridized carbons (Fsp3) is 0.400. The number of sulfonamides is 1. The minimum absolute atomic E-state index is 0.157. The summed E-state index contributed by atoms with van der Waals surface area (Å²) < 4.78 is 38.8. The summed E-state index contributed by atoms with van der Waals surface area (Å²) in [7, 11) is -0.661. The van der Waals surface area contributed by atoms with Crippen LogP contribution in [-0.2, 0) is 30.7 Å². The van der Waals surface area contributed by atoms with E-state index in [4.69, 9.17) is 21.1 Å². The van der Waals surface area contributed by atoms with E-state index in [-0.39, 0.29) is 22.8 Å². The fourth-order valence-corrected chi connectivity index (χ4v) is 6.12.